The highest BCUT2D eigenvalue weighted by molar-refractivity contribution is 5.43. The lowest BCUT2D eigenvalue weighted by atomic mass is 9.79. The molecule has 1 aliphatic rings. The number of aliphatic hydroxyl groups is 1. The maximum Gasteiger partial charge on any atom is 0.122 e. The summed E-state index contributed by atoms with van der Waals surface area (Å²) in [5, 5.41) is 9.59. The van der Waals surface area contributed by atoms with E-state index in [1.54, 1.807) is 7.11 Å². The van der Waals surface area contributed by atoms with Crippen molar-refractivity contribution in [2.24, 2.45) is 11.7 Å². The highest BCUT2D eigenvalue weighted by atomic mass is 16.5. The van der Waals surface area contributed by atoms with Crippen molar-refractivity contribution >= 4 is 0 Å². The van der Waals surface area contributed by atoms with E-state index in [2.05, 4.69) is 26.0 Å². The fourth-order valence-corrected chi connectivity index (χ4v) is 3.11. The van der Waals surface area contributed by atoms with Gasteiger partial charge in [0, 0.05) is 6.04 Å². The first-order chi connectivity index (χ1) is 9.02. The molecule has 0 aromatic heterocycles. The predicted octanol–water partition coefficient (Wildman–Crippen LogP) is 2.86. The number of benzene rings is 1. The van der Waals surface area contributed by atoms with Crippen LogP contribution in [0.25, 0.3) is 0 Å². The molecule has 3 N–H and O–H groups in total. The highest BCUT2D eigenvalue weighted by Gasteiger charge is 2.26. The first kappa shape index (κ1) is 14.4. The second kappa shape index (κ2) is 5.93. The maximum absolute atomic E-state index is 9.59. The zero-order chi connectivity index (χ0) is 14.0. The lowest BCUT2D eigenvalue weighted by Gasteiger charge is -2.31. The van der Waals surface area contributed by atoms with Crippen molar-refractivity contribution in [3.05, 3.63) is 28.8 Å². The fourth-order valence-electron chi connectivity index (χ4n) is 3.11. The first-order valence-corrected chi connectivity index (χ1v) is 7.11. The summed E-state index contributed by atoms with van der Waals surface area (Å²) in [5.41, 5.74) is 10.0. The Labute approximate surface area is 115 Å². The molecule has 0 radical (unpaired) electrons. The third-order valence-corrected chi connectivity index (χ3v) is 4.39. The molecular weight excluding hydrogens is 238 g/mol. The molecule has 2 rings (SSSR count). The summed E-state index contributed by atoms with van der Waals surface area (Å²) in [6, 6.07) is 4.30. The minimum absolute atomic E-state index is 0.0668. The van der Waals surface area contributed by atoms with Crippen LogP contribution in [-0.4, -0.2) is 18.3 Å². The molecule has 19 heavy (non-hydrogen) atoms. The normalized spacial score (nSPS) is 25.1. The third kappa shape index (κ3) is 3.10. The van der Waals surface area contributed by atoms with Crippen molar-refractivity contribution in [2.75, 3.05) is 7.11 Å². The van der Waals surface area contributed by atoms with Gasteiger partial charge in [0.2, 0.25) is 0 Å². The summed E-state index contributed by atoms with van der Waals surface area (Å²) in [6.07, 6.45) is 3.68. The van der Waals surface area contributed by atoms with Gasteiger partial charge in [-0.15, -0.1) is 0 Å². The first-order valence-electron chi connectivity index (χ1n) is 7.11. The van der Waals surface area contributed by atoms with Crippen molar-refractivity contribution in [2.45, 2.75) is 51.7 Å². The van der Waals surface area contributed by atoms with E-state index in [9.17, 15) is 5.11 Å². The van der Waals surface area contributed by atoms with Gasteiger partial charge in [0.15, 0.2) is 0 Å². The van der Waals surface area contributed by atoms with E-state index >= 15 is 0 Å². The Morgan fingerprint density at radius 3 is 2.37 bits per heavy atom. The number of nitrogens with two attached hydrogens (primary N) is 1. The number of hydrogen-bond acceptors (Lipinski definition) is 3. The largest absolute Gasteiger partial charge is 0.496 e. The summed E-state index contributed by atoms with van der Waals surface area (Å²) in [6.45, 7) is 4.15. The monoisotopic (exact) mass is 263 g/mol. The molecule has 1 saturated carbocycles. The molecular formula is C16H25NO2. The van der Waals surface area contributed by atoms with E-state index < -0.39 is 0 Å². The molecule has 1 fully saturated rings. The summed E-state index contributed by atoms with van der Waals surface area (Å²) >= 11 is 0. The molecule has 1 aromatic rings. The average Bonchev–Trinajstić information content (AvgIpc) is 2.41. The summed E-state index contributed by atoms with van der Waals surface area (Å²) in [7, 11) is 1.70. The zero-order valence-electron chi connectivity index (χ0n) is 12.1. The minimum Gasteiger partial charge on any atom is -0.496 e. The molecule has 0 aliphatic heterocycles. The van der Waals surface area contributed by atoms with Gasteiger partial charge in [-0.1, -0.05) is 6.07 Å². The topological polar surface area (TPSA) is 55.5 Å². The second-order valence-corrected chi connectivity index (χ2v) is 5.77. The van der Waals surface area contributed by atoms with Gasteiger partial charge in [0.1, 0.15) is 5.75 Å². The molecule has 0 spiro atoms. The molecule has 1 atom stereocenters. The van der Waals surface area contributed by atoms with Crippen LogP contribution >= 0.6 is 0 Å². The lowest BCUT2D eigenvalue weighted by Crippen LogP contribution is -2.28. The molecule has 106 valence electrons. The van der Waals surface area contributed by atoms with Gasteiger partial charge in [0.05, 0.1) is 13.2 Å². The van der Waals surface area contributed by atoms with Crippen LogP contribution in [0.4, 0.5) is 0 Å². The number of ether oxygens (including phenoxy) is 1. The van der Waals surface area contributed by atoms with Crippen LogP contribution in [0.2, 0.25) is 0 Å². The predicted molar refractivity (Wildman–Crippen MR) is 77.4 cm³/mol. The van der Waals surface area contributed by atoms with Crippen LogP contribution < -0.4 is 10.5 Å². The Morgan fingerprint density at radius 2 is 1.79 bits per heavy atom. The van der Waals surface area contributed by atoms with Gasteiger partial charge >= 0.3 is 0 Å². The fraction of sp³-hybridized carbons (Fsp3) is 0.625. The standard InChI is InChI=1S/C16H25NO2/c1-10-9-15(19-3)11(2)8-14(10)16(17)12-4-6-13(18)7-5-12/h8-9,12-13,16,18H,4-7,17H2,1-3H3. The Hall–Kier alpha value is -1.06. The van der Waals surface area contributed by atoms with Crippen molar-refractivity contribution in [3.8, 4) is 5.75 Å². The Kier molecular flexibility index (Phi) is 4.48. The second-order valence-electron chi connectivity index (χ2n) is 5.77. The van der Waals surface area contributed by atoms with Gasteiger partial charge in [0.25, 0.3) is 0 Å². The number of rotatable bonds is 3. The molecule has 1 aliphatic carbocycles. The van der Waals surface area contributed by atoms with Crippen LogP contribution in [0, 0.1) is 19.8 Å². The van der Waals surface area contributed by atoms with Crippen molar-refractivity contribution in [1.82, 2.24) is 0 Å². The van der Waals surface area contributed by atoms with Crippen molar-refractivity contribution in [3.63, 3.8) is 0 Å². The van der Waals surface area contributed by atoms with E-state index in [4.69, 9.17) is 10.5 Å². The molecule has 0 amide bonds. The number of hydrogen-bond donors (Lipinski definition) is 2. The molecule has 0 bridgehead atoms. The average molecular weight is 263 g/mol. The Bertz CT molecular complexity index is 437. The quantitative estimate of drug-likeness (QED) is 0.881. The Morgan fingerprint density at radius 1 is 1.16 bits per heavy atom. The molecule has 0 saturated heterocycles. The van der Waals surface area contributed by atoms with Gasteiger partial charge in [-0.3, -0.25) is 0 Å². The van der Waals surface area contributed by atoms with Crippen molar-refractivity contribution < 1.29 is 9.84 Å². The summed E-state index contributed by atoms with van der Waals surface area (Å²) in [5.74, 6) is 1.41. The molecule has 1 aromatic carbocycles. The van der Waals surface area contributed by atoms with E-state index in [1.165, 1.54) is 11.1 Å². The van der Waals surface area contributed by atoms with Crippen LogP contribution in [0.1, 0.15) is 48.4 Å². The van der Waals surface area contributed by atoms with Gasteiger partial charge < -0.3 is 15.6 Å². The van der Waals surface area contributed by atoms with Gasteiger partial charge in [-0.2, -0.15) is 0 Å². The van der Waals surface area contributed by atoms with Gasteiger partial charge in [-0.05, 0) is 68.2 Å². The molecule has 1 unspecified atom stereocenters. The minimum atomic E-state index is -0.123. The van der Waals surface area contributed by atoms with E-state index in [-0.39, 0.29) is 12.1 Å². The summed E-state index contributed by atoms with van der Waals surface area (Å²) in [4.78, 5) is 0. The number of aryl methyl sites for hydroxylation is 2. The molecule has 3 nitrogen and oxygen atoms in total. The van der Waals surface area contributed by atoms with Gasteiger partial charge in [-0.25, -0.2) is 0 Å². The SMILES string of the molecule is COc1cc(C)c(C(N)C2CCC(O)CC2)cc1C. The van der Waals surface area contributed by atoms with E-state index in [0.717, 1.165) is 37.0 Å². The smallest absolute Gasteiger partial charge is 0.122 e. The summed E-state index contributed by atoms with van der Waals surface area (Å²) < 4.78 is 5.35. The van der Waals surface area contributed by atoms with Crippen LogP contribution in [0.15, 0.2) is 12.1 Å². The lowest BCUT2D eigenvalue weighted by molar-refractivity contribution is 0.102. The zero-order valence-corrected chi connectivity index (χ0v) is 12.1. The molecule has 0 heterocycles. The van der Waals surface area contributed by atoms with Crippen molar-refractivity contribution in [1.29, 1.82) is 0 Å². The Balaban J connectivity index is 2.19. The highest BCUT2D eigenvalue weighted by Crippen LogP contribution is 2.36. The van der Waals surface area contributed by atoms with Crippen LogP contribution in [-0.2, 0) is 0 Å². The maximum atomic E-state index is 9.59. The van der Waals surface area contributed by atoms with E-state index in [0.29, 0.717) is 5.92 Å². The molecule has 3 heteroatoms. The number of methoxy groups -OCH3 is 1. The van der Waals surface area contributed by atoms with Crippen LogP contribution in [0.3, 0.4) is 0 Å². The number of aliphatic hydroxyl groups excluding tert-OH is 1. The van der Waals surface area contributed by atoms with E-state index in [1.807, 2.05) is 0 Å². The third-order valence-electron chi connectivity index (χ3n) is 4.39. The van der Waals surface area contributed by atoms with Crippen LogP contribution in [0.5, 0.6) is 5.75 Å².